The van der Waals surface area contributed by atoms with Gasteiger partial charge in [0, 0.05) is 24.4 Å². The van der Waals surface area contributed by atoms with Crippen molar-refractivity contribution in [3.8, 4) is 5.75 Å². The van der Waals surface area contributed by atoms with Crippen LogP contribution in [0.25, 0.3) is 0 Å². The summed E-state index contributed by atoms with van der Waals surface area (Å²) in [5.74, 6) is 0.947. The molecule has 0 amide bonds. The van der Waals surface area contributed by atoms with E-state index < -0.39 is 0 Å². The highest BCUT2D eigenvalue weighted by Crippen LogP contribution is 2.25. The first-order chi connectivity index (χ1) is 10.1. The highest BCUT2D eigenvalue weighted by Gasteiger charge is 2.09. The van der Waals surface area contributed by atoms with E-state index in [0.717, 1.165) is 23.3 Å². The lowest BCUT2D eigenvalue weighted by Crippen LogP contribution is -2.14. The molecule has 3 N–H and O–H groups in total. The Kier molecular flexibility index (Phi) is 4.77. The summed E-state index contributed by atoms with van der Waals surface area (Å²) in [6.07, 6.45) is 4.37. The molecule has 0 fully saturated rings. The molecule has 0 spiro atoms. The summed E-state index contributed by atoms with van der Waals surface area (Å²) >= 11 is 0. The molecule has 0 saturated heterocycles. The van der Waals surface area contributed by atoms with Gasteiger partial charge in [0.15, 0.2) is 5.84 Å². The lowest BCUT2D eigenvalue weighted by atomic mass is 10.1. The molecule has 5 nitrogen and oxygen atoms in total. The molecule has 0 saturated carbocycles. The molecule has 0 unspecified atom stereocenters. The Morgan fingerprint density at radius 1 is 1.24 bits per heavy atom. The smallest absolute Gasteiger partial charge is 0.170 e. The fourth-order valence-corrected chi connectivity index (χ4v) is 2.20. The van der Waals surface area contributed by atoms with E-state index in [-0.39, 0.29) is 5.84 Å². The zero-order valence-electron chi connectivity index (χ0n) is 12.2. The quantitative estimate of drug-likeness (QED) is 0.382. The predicted octanol–water partition coefficient (Wildman–Crippen LogP) is 2.41. The van der Waals surface area contributed by atoms with E-state index in [1.807, 2.05) is 38.1 Å². The molecule has 0 atom stereocenters. The van der Waals surface area contributed by atoms with E-state index in [2.05, 4.69) is 10.1 Å². The molecular weight excluding hydrogens is 266 g/mol. The summed E-state index contributed by atoms with van der Waals surface area (Å²) in [7, 11) is 0. The van der Waals surface area contributed by atoms with Crippen LogP contribution in [-0.2, 0) is 6.42 Å². The van der Waals surface area contributed by atoms with Crippen molar-refractivity contribution in [2.24, 2.45) is 10.9 Å². The molecule has 21 heavy (non-hydrogen) atoms. The topological polar surface area (TPSA) is 80.7 Å². The third kappa shape index (κ3) is 3.72. The van der Waals surface area contributed by atoms with Gasteiger partial charge < -0.3 is 15.7 Å². The van der Waals surface area contributed by atoms with Crippen molar-refractivity contribution in [2.75, 3.05) is 6.61 Å². The Morgan fingerprint density at radius 2 is 1.86 bits per heavy atom. The first-order valence-corrected chi connectivity index (χ1v) is 6.72. The van der Waals surface area contributed by atoms with Crippen LogP contribution < -0.4 is 10.5 Å². The maximum Gasteiger partial charge on any atom is 0.170 e. The standard InChI is InChI=1S/C16H19N3O2/c1-11-9-14(16(17)19-20)10-12(2)15(11)21-8-5-13-3-6-18-7-4-13/h3-4,6-7,9-10,20H,5,8H2,1-2H3,(H2,17,19). The van der Waals surface area contributed by atoms with Gasteiger partial charge in [-0.2, -0.15) is 0 Å². The van der Waals surface area contributed by atoms with Gasteiger partial charge in [-0.25, -0.2) is 0 Å². The molecular formula is C16H19N3O2. The molecule has 0 aliphatic carbocycles. The van der Waals surface area contributed by atoms with Gasteiger partial charge in [0.25, 0.3) is 0 Å². The number of rotatable bonds is 5. The number of pyridine rings is 1. The fraction of sp³-hybridized carbons (Fsp3) is 0.250. The van der Waals surface area contributed by atoms with Gasteiger partial charge in [0.05, 0.1) is 6.61 Å². The molecule has 0 aliphatic heterocycles. The summed E-state index contributed by atoms with van der Waals surface area (Å²) in [5.41, 5.74) is 9.42. The first-order valence-electron chi connectivity index (χ1n) is 6.72. The Hall–Kier alpha value is -2.56. The molecule has 0 bridgehead atoms. The molecule has 1 heterocycles. The van der Waals surface area contributed by atoms with Crippen LogP contribution in [-0.4, -0.2) is 22.6 Å². The number of aromatic nitrogens is 1. The van der Waals surface area contributed by atoms with Gasteiger partial charge >= 0.3 is 0 Å². The predicted molar refractivity (Wildman–Crippen MR) is 81.9 cm³/mol. The minimum atomic E-state index is 0.101. The van der Waals surface area contributed by atoms with Crippen LogP contribution in [0.3, 0.4) is 0 Å². The van der Waals surface area contributed by atoms with E-state index in [4.69, 9.17) is 15.7 Å². The number of oxime groups is 1. The molecule has 1 aromatic carbocycles. The highest BCUT2D eigenvalue weighted by atomic mass is 16.5. The fourth-order valence-electron chi connectivity index (χ4n) is 2.20. The second-order valence-electron chi connectivity index (χ2n) is 4.88. The zero-order valence-corrected chi connectivity index (χ0v) is 12.2. The van der Waals surface area contributed by atoms with Crippen LogP contribution in [0, 0.1) is 13.8 Å². The van der Waals surface area contributed by atoms with Crippen molar-refractivity contribution in [2.45, 2.75) is 20.3 Å². The summed E-state index contributed by atoms with van der Waals surface area (Å²) < 4.78 is 5.88. The Morgan fingerprint density at radius 3 is 2.43 bits per heavy atom. The van der Waals surface area contributed by atoms with Crippen molar-refractivity contribution < 1.29 is 9.94 Å². The Labute approximate surface area is 124 Å². The Bertz CT molecular complexity index is 616. The second-order valence-corrected chi connectivity index (χ2v) is 4.88. The Balaban J connectivity index is 2.07. The van der Waals surface area contributed by atoms with Gasteiger partial charge in [-0.15, -0.1) is 0 Å². The second kappa shape index (κ2) is 6.74. The lowest BCUT2D eigenvalue weighted by Gasteiger charge is -2.13. The van der Waals surface area contributed by atoms with Crippen molar-refractivity contribution >= 4 is 5.84 Å². The van der Waals surface area contributed by atoms with Gasteiger partial charge in [-0.3, -0.25) is 4.98 Å². The van der Waals surface area contributed by atoms with Crippen LogP contribution in [0.2, 0.25) is 0 Å². The van der Waals surface area contributed by atoms with E-state index in [9.17, 15) is 0 Å². The van der Waals surface area contributed by atoms with Crippen molar-refractivity contribution in [3.05, 3.63) is 58.9 Å². The van der Waals surface area contributed by atoms with E-state index in [0.29, 0.717) is 12.2 Å². The molecule has 2 rings (SSSR count). The maximum absolute atomic E-state index is 8.73. The number of hydrogen-bond acceptors (Lipinski definition) is 4. The van der Waals surface area contributed by atoms with E-state index >= 15 is 0 Å². The summed E-state index contributed by atoms with van der Waals surface area (Å²) in [6, 6.07) is 7.66. The molecule has 0 aliphatic rings. The number of amidine groups is 1. The van der Waals surface area contributed by atoms with Gasteiger partial charge in [-0.05, 0) is 54.8 Å². The first kappa shape index (κ1) is 14.8. The maximum atomic E-state index is 8.73. The van der Waals surface area contributed by atoms with Crippen molar-refractivity contribution in [3.63, 3.8) is 0 Å². The van der Waals surface area contributed by atoms with Crippen LogP contribution in [0.1, 0.15) is 22.3 Å². The minimum Gasteiger partial charge on any atom is -0.493 e. The third-order valence-electron chi connectivity index (χ3n) is 3.25. The van der Waals surface area contributed by atoms with Crippen LogP contribution >= 0.6 is 0 Å². The van der Waals surface area contributed by atoms with E-state index in [1.54, 1.807) is 12.4 Å². The van der Waals surface area contributed by atoms with Crippen LogP contribution in [0.15, 0.2) is 41.8 Å². The molecule has 1 aromatic heterocycles. The van der Waals surface area contributed by atoms with Gasteiger partial charge in [-0.1, -0.05) is 5.16 Å². The molecule has 2 aromatic rings. The normalized spacial score (nSPS) is 11.4. The summed E-state index contributed by atoms with van der Waals surface area (Å²) in [4.78, 5) is 3.99. The number of nitrogens with zero attached hydrogens (tertiary/aromatic N) is 2. The molecule has 0 radical (unpaired) electrons. The van der Waals surface area contributed by atoms with Crippen molar-refractivity contribution in [1.82, 2.24) is 4.98 Å². The molecule has 5 heteroatoms. The monoisotopic (exact) mass is 285 g/mol. The number of ether oxygens (including phenoxy) is 1. The minimum absolute atomic E-state index is 0.101. The highest BCUT2D eigenvalue weighted by molar-refractivity contribution is 5.97. The average molecular weight is 285 g/mol. The van der Waals surface area contributed by atoms with Crippen LogP contribution in [0.4, 0.5) is 0 Å². The van der Waals surface area contributed by atoms with Gasteiger partial charge in [0.2, 0.25) is 0 Å². The number of aryl methyl sites for hydroxylation is 2. The molecule has 110 valence electrons. The average Bonchev–Trinajstić information content (AvgIpc) is 2.50. The van der Waals surface area contributed by atoms with Gasteiger partial charge in [0.1, 0.15) is 5.75 Å². The third-order valence-corrected chi connectivity index (χ3v) is 3.25. The SMILES string of the molecule is Cc1cc(C(N)=NO)cc(C)c1OCCc1ccncc1. The summed E-state index contributed by atoms with van der Waals surface area (Å²) in [6.45, 7) is 4.49. The number of hydrogen-bond donors (Lipinski definition) is 2. The van der Waals surface area contributed by atoms with Crippen molar-refractivity contribution in [1.29, 1.82) is 0 Å². The lowest BCUT2D eigenvalue weighted by molar-refractivity contribution is 0.316. The largest absolute Gasteiger partial charge is 0.493 e. The van der Waals surface area contributed by atoms with E-state index in [1.165, 1.54) is 5.56 Å². The number of benzene rings is 1. The summed E-state index contributed by atoms with van der Waals surface area (Å²) in [5, 5.41) is 11.8. The number of nitrogens with two attached hydrogens (primary N) is 1. The van der Waals surface area contributed by atoms with Crippen LogP contribution in [0.5, 0.6) is 5.75 Å². The zero-order chi connectivity index (χ0) is 15.2.